The summed E-state index contributed by atoms with van der Waals surface area (Å²) >= 11 is 1.79. The summed E-state index contributed by atoms with van der Waals surface area (Å²) in [6.45, 7) is 4.28. The molecule has 15 heavy (non-hydrogen) atoms. The lowest BCUT2D eigenvalue weighted by atomic mass is 10.4. The third-order valence-corrected chi connectivity index (χ3v) is 3.04. The molecule has 1 heterocycles. The monoisotopic (exact) mass is 229 g/mol. The van der Waals surface area contributed by atoms with E-state index in [1.165, 1.54) is 9.75 Å². The highest BCUT2D eigenvalue weighted by molar-refractivity contribution is 7.11. The van der Waals surface area contributed by atoms with Gasteiger partial charge in [-0.2, -0.15) is 0 Å². The van der Waals surface area contributed by atoms with E-state index in [0.717, 1.165) is 6.54 Å². The van der Waals surface area contributed by atoms with E-state index >= 15 is 0 Å². The van der Waals surface area contributed by atoms with Gasteiger partial charge in [-0.25, -0.2) is 0 Å². The Morgan fingerprint density at radius 2 is 2.13 bits per heavy atom. The molecule has 0 bridgehead atoms. The standard InChI is InChI=1S/C11H19NO2S/c1-9(7-13-3)14-8-11-5-4-10(15-11)6-12-2/h4-5,9,12H,6-8H2,1-3H3. The molecule has 1 rings (SSSR count). The third kappa shape index (κ3) is 4.75. The molecule has 0 aliphatic heterocycles. The van der Waals surface area contributed by atoms with Crippen LogP contribution in [0.1, 0.15) is 16.7 Å². The highest BCUT2D eigenvalue weighted by Gasteiger charge is 2.04. The summed E-state index contributed by atoms with van der Waals surface area (Å²) in [4.78, 5) is 2.61. The van der Waals surface area contributed by atoms with Crippen molar-refractivity contribution in [2.24, 2.45) is 0 Å². The molecule has 1 unspecified atom stereocenters. The molecule has 4 heteroatoms. The van der Waals surface area contributed by atoms with Crippen LogP contribution in [0.25, 0.3) is 0 Å². The molecule has 0 saturated heterocycles. The Morgan fingerprint density at radius 3 is 2.80 bits per heavy atom. The largest absolute Gasteiger partial charge is 0.382 e. The van der Waals surface area contributed by atoms with Gasteiger partial charge in [0, 0.05) is 23.4 Å². The van der Waals surface area contributed by atoms with Crippen molar-refractivity contribution in [1.82, 2.24) is 5.32 Å². The summed E-state index contributed by atoms with van der Waals surface area (Å²) in [5.74, 6) is 0. The van der Waals surface area contributed by atoms with Crippen LogP contribution in [0.2, 0.25) is 0 Å². The second-order valence-electron chi connectivity index (χ2n) is 3.48. The second-order valence-corrected chi connectivity index (χ2v) is 4.73. The predicted molar refractivity (Wildman–Crippen MR) is 63.2 cm³/mol. The van der Waals surface area contributed by atoms with Crippen LogP contribution in [0.5, 0.6) is 0 Å². The van der Waals surface area contributed by atoms with E-state index in [-0.39, 0.29) is 6.10 Å². The van der Waals surface area contributed by atoms with E-state index in [4.69, 9.17) is 9.47 Å². The first kappa shape index (κ1) is 12.6. The van der Waals surface area contributed by atoms with Crippen LogP contribution in [-0.2, 0) is 22.6 Å². The van der Waals surface area contributed by atoms with Gasteiger partial charge in [-0.05, 0) is 26.1 Å². The van der Waals surface area contributed by atoms with Gasteiger partial charge in [-0.15, -0.1) is 11.3 Å². The van der Waals surface area contributed by atoms with Gasteiger partial charge in [-0.3, -0.25) is 0 Å². The Balaban J connectivity index is 2.30. The Hall–Kier alpha value is -0.420. The predicted octanol–water partition coefficient (Wildman–Crippen LogP) is 2.02. The molecule has 0 amide bonds. The van der Waals surface area contributed by atoms with Gasteiger partial charge < -0.3 is 14.8 Å². The van der Waals surface area contributed by atoms with E-state index in [0.29, 0.717) is 13.2 Å². The molecule has 0 fully saturated rings. The minimum Gasteiger partial charge on any atom is -0.382 e. The molecule has 0 saturated carbocycles. The smallest absolute Gasteiger partial charge is 0.0814 e. The van der Waals surface area contributed by atoms with E-state index in [1.807, 2.05) is 14.0 Å². The molecule has 1 aromatic rings. The van der Waals surface area contributed by atoms with Gasteiger partial charge in [0.25, 0.3) is 0 Å². The lowest BCUT2D eigenvalue weighted by Crippen LogP contribution is -2.14. The number of hydrogen-bond donors (Lipinski definition) is 1. The van der Waals surface area contributed by atoms with E-state index in [9.17, 15) is 0 Å². The molecule has 1 N–H and O–H groups in total. The lowest BCUT2D eigenvalue weighted by Gasteiger charge is -2.10. The van der Waals surface area contributed by atoms with Gasteiger partial charge in [0.15, 0.2) is 0 Å². The molecule has 0 aliphatic carbocycles. The lowest BCUT2D eigenvalue weighted by molar-refractivity contribution is 0.000927. The molecule has 0 spiro atoms. The van der Waals surface area contributed by atoms with Crippen molar-refractivity contribution < 1.29 is 9.47 Å². The van der Waals surface area contributed by atoms with E-state index < -0.39 is 0 Å². The minimum atomic E-state index is 0.157. The maximum absolute atomic E-state index is 5.62. The fourth-order valence-electron chi connectivity index (χ4n) is 1.28. The number of thiophene rings is 1. The van der Waals surface area contributed by atoms with Crippen LogP contribution in [0, 0.1) is 0 Å². The summed E-state index contributed by atoms with van der Waals surface area (Å²) in [5, 5.41) is 3.13. The number of hydrogen-bond acceptors (Lipinski definition) is 4. The zero-order valence-corrected chi connectivity index (χ0v) is 10.4. The van der Waals surface area contributed by atoms with Crippen LogP contribution < -0.4 is 5.32 Å². The van der Waals surface area contributed by atoms with Crippen molar-refractivity contribution in [3.63, 3.8) is 0 Å². The van der Waals surface area contributed by atoms with Crippen molar-refractivity contribution >= 4 is 11.3 Å². The van der Waals surface area contributed by atoms with Gasteiger partial charge in [-0.1, -0.05) is 0 Å². The summed E-state index contributed by atoms with van der Waals surface area (Å²) in [6, 6.07) is 4.26. The molecule has 0 aromatic carbocycles. The molecular weight excluding hydrogens is 210 g/mol. The summed E-state index contributed by atoms with van der Waals surface area (Å²) in [5.41, 5.74) is 0. The zero-order chi connectivity index (χ0) is 11.1. The molecule has 86 valence electrons. The van der Waals surface area contributed by atoms with Gasteiger partial charge >= 0.3 is 0 Å². The van der Waals surface area contributed by atoms with Crippen LogP contribution >= 0.6 is 11.3 Å². The Morgan fingerprint density at radius 1 is 1.40 bits per heavy atom. The normalized spacial score (nSPS) is 13.0. The maximum Gasteiger partial charge on any atom is 0.0814 e. The minimum absolute atomic E-state index is 0.157. The average Bonchev–Trinajstić information content (AvgIpc) is 2.64. The molecular formula is C11H19NO2S. The number of nitrogens with one attached hydrogen (secondary N) is 1. The van der Waals surface area contributed by atoms with Crippen LogP contribution in [-0.4, -0.2) is 26.9 Å². The van der Waals surface area contributed by atoms with Gasteiger partial charge in [0.05, 0.1) is 19.3 Å². The van der Waals surface area contributed by atoms with E-state index in [2.05, 4.69) is 17.4 Å². The second kappa shape index (κ2) is 6.95. The first-order valence-corrected chi connectivity index (χ1v) is 5.90. The molecule has 0 radical (unpaired) electrons. The van der Waals surface area contributed by atoms with Crippen molar-refractivity contribution in [3.05, 3.63) is 21.9 Å². The quantitative estimate of drug-likeness (QED) is 0.776. The summed E-state index contributed by atoms with van der Waals surface area (Å²) in [6.07, 6.45) is 0.157. The van der Waals surface area contributed by atoms with Gasteiger partial charge in [0.2, 0.25) is 0 Å². The molecule has 3 nitrogen and oxygen atoms in total. The third-order valence-electron chi connectivity index (χ3n) is 1.98. The van der Waals surface area contributed by atoms with Crippen molar-refractivity contribution in [3.8, 4) is 0 Å². The Bertz CT molecular complexity index is 275. The number of ether oxygens (including phenoxy) is 2. The van der Waals surface area contributed by atoms with Crippen molar-refractivity contribution in [2.75, 3.05) is 20.8 Å². The zero-order valence-electron chi connectivity index (χ0n) is 9.58. The van der Waals surface area contributed by atoms with Crippen LogP contribution in [0.3, 0.4) is 0 Å². The average molecular weight is 229 g/mol. The molecule has 1 aromatic heterocycles. The number of rotatable bonds is 7. The summed E-state index contributed by atoms with van der Waals surface area (Å²) < 4.78 is 10.6. The van der Waals surface area contributed by atoms with Crippen molar-refractivity contribution in [2.45, 2.75) is 26.2 Å². The fourth-order valence-corrected chi connectivity index (χ4v) is 2.23. The topological polar surface area (TPSA) is 30.5 Å². The van der Waals surface area contributed by atoms with Crippen LogP contribution in [0.4, 0.5) is 0 Å². The Kier molecular flexibility index (Phi) is 5.86. The Labute approximate surface area is 95.4 Å². The first-order chi connectivity index (χ1) is 7.26. The highest BCUT2D eigenvalue weighted by atomic mass is 32.1. The fraction of sp³-hybridized carbons (Fsp3) is 0.636. The van der Waals surface area contributed by atoms with Crippen LogP contribution in [0.15, 0.2) is 12.1 Å². The van der Waals surface area contributed by atoms with Crippen molar-refractivity contribution in [1.29, 1.82) is 0 Å². The molecule has 1 atom stereocenters. The summed E-state index contributed by atoms with van der Waals surface area (Å²) in [7, 11) is 3.65. The number of methoxy groups -OCH3 is 1. The first-order valence-electron chi connectivity index (χ1n) is 5.09. The molecule has 0 aliphatic rings. The van der Waals surface area contributed by atoms with Gasteiger partial charge in [0.1, 0.15) is 0 Å². The van der Waals surface area contributed by atoms with E-state index in [1.54, 1.807) is 18.4 Å². The SMILES string of the molecule is CNCc1ccc(COC(C)COC)s1. The maximum atomic E-state index is 5.62. The highest BCUT2D eigenvalue weighted by Crippen LogP contribution is 2.17.